The lowest BCUT2D eigenvalue weighted by Crippen LogP contribution is -2.54. The fraction of sp³-hybridized carbons (Fsp3) is 0.333. The van der Waals surface area contributed by atoms with E-state index in [1.807, 2.05) is 23.2 Å². The summed E-state index contributed by atoms with van der Waals surface area (Å²) >= 11 is 0. The Labute approximate surface area is 144 Å². The van der Waals surface area contributed by atoms with Crippen molar-refractivity contribution in [1.82, 2.24) is 10.2 Å². The van der Waals surface area contributed by atoms with Crippen molar-refractivity contribution in [1.29, 1.82) is 0 Å². The van der Waals surface area contributed by atoms with E-state index in [0.717, 1.165) is 24.3 Å². The van der Waals surface area contributed by atoms with Gasteiger partial charge in [-0.15, -0.1) is 0 Å². The van der Waals surface area contributed by atoms with Gasteiger partial charge in [-0.05, 0) is 31.4 Å². The molecule has 25 heavy (non-hydrogen) atoms. The van der Waals surface area contributed by atoms with E-state index in [2.05, 4.69) is 5.32 Å². The van der Waals surface area contributed by atoms with Gasteiger partial charge >= 0.3 is 0 Å². The van der Waals surface area contributed by atoms with E-state index in [0.29, 0.717) is 16.8 Å². The highest BCUT2D eigenvalue weighted by Crippen LogP contribution is 2.35. The van der Waals surface area contributed by atoms with Crippen molar-refractivity contribution < 1.29 is 19.2 Å². The summed E-state index contributed by atoms with van der Waals surface area (Å²) in [6.07, 6.45) is 6.19. The van der Waals surface area contributed by atoms with Crippen molar-refractivity contribution >= 4 is 29.3 Å². The number of fused-ring (bicyclic) bond motifs is 1. The van der Waals surface area contributed by atoms with Crippen LogP contribution in [0.3, 0.4) is 0 Å². The normalized spacial score (nSPS) is 23.1. The zero-order chi connectivity index (χ0) is 17.6. The van der Waals surface area contributed by atoms with Crippen molar-refractivity contribution in [3.63, 3.8) is 0 Å². The summed E-state index contributed by atoms with van der Waals surface area (Å²) in [7, 11) is 0. The summed E-state index contributed by atoms with van der Waals surface area (Å²) < 4.78 is 0. The molecule has 7 heteroatoms. The second-order valence-corrected chi connectivity index (χ2v) is 6.37. The maximum atomic E-state index is 13.0. The van der Waals surface area contributed by atoms with Crippen molar-refractivity contribution in [2.75, 3.05) is 11.4 Å². The largest absolute Gasteiger partial charge is 0.348 e. The maximum Gasteiger partial charge on any atom is 0.264 e. The molecule has 0 aromatic heterocycles. The standard InChI is InChI=1S/C18H17N3O4/c22-14-8-7-13(16(23)19-14)21-17(24)11-5-4-6-12(15(11)18(21)25)20-9-2-1-3-10-20/h2,4-6,9,13H,1,3,7-8,10H2,(H,19,22,23). The molecule has 0 bridgehead atoms. The first kappa shape index (κ1) is 15.6. The van der Waals surface area contributed by atoms with Gasteiger partial charge in [0, 0.05) is 19.2 Å². The third kappa shape index (κ3) is 2.43. The summed E-state index contributed by atoms with van der Waals surface area (Å²) in [5.74, 6) is -1.91. The van der Waals surface area contributed by atoms with E-state index in [1.165, 1.54) is 0 Å². The number of imide groups is 2. The number of allylic oxidation sites excluding steroid dienone is 1. The summed E-state index contributed by atoms with van der Waals surface area (Å²) in [5, 5.41) is 2.21. The van der Waals surface area contributed by atoms with Gasteiger partial charge in [-0.1, -0.05) is 12.1 Å². The zero-order valence-electron chi connectivity index (χ0n) is 13.5. The molecule has 0 saturated carbocycles. The van der Waals surface area contributed by atoms with Gasteiger partial charge < -0.3 is 4.90 Å². The predicted octanol–water partition coefficient (Wildman–Crippen LogP) is 1.20. The molecule has 7 nitrogen and oxygen atoms in total. The predicted molar refractivity (Wildman–Crippen MR) is 88.8 cm³/mol. The molecule has 1 aromatic rings. The lowest BCUT2D eigenvalue weighted by molar-refractivity contribution is -0.136. The fourth-order valence-corrected chi connectivity index (χ4v) is 3.59. The van der Waals surface area contributed by atoms with Crippen LogP contribution < -0.4 is 10.2 Å². The highest BCUT2D eigenvalue weighted by molar-refractivity contribution is 6.25. The third-order valence-electron chi connectivity index (χ3n) is 4.81. The van der Waals surface area contributed by atoms with Crippen LogP contribution in [0.25, 0.3) is 0 Å². The molecule has 0 radical (unpaired) electrons. The topological polar surface area (TPSA) is 86.8 Å². The van der Waals surface area contributed by atoms with Crippen LogP contribution in [0.1, 0.15) is 46.4 Å². The summed E-state index contributed by atoms with van der Waals surface area (Å²) in [4.78, 5) is 52.2. The monoisotopic (exact) mass is 339 g/mol. The Balaban J connectivity index is 1.72. The van der Waals surface area contributed by atoms with E-state index in [4.69, 9.17) is 0 Å². The minimum absolute atomic E-state index is 0.117. The highest BCUT2D eigenvalue weighted by atomic mass is 16.2. The van der Waals surface area contributed by atoms with Crippen LogP contribution in [0.2, 0.25) is 0 Å². The van der Waals surface area contributed by atoms with Gasteiger partial charge in [0.2, 0.25) is 11.8 Å². The lowest BCUT2D eigenvalue weighted by Gasteiger charge is -2.28. The van der Waals surface area contributed by atoms with E-state index in [1.54, 1.807) is 12.1 Å². The molecule has 0 spiro atoms. The molecule has 1 saturated heterocycles. The molecular weight excluding hydrogens is 322 g/mol. The van der Waals surface area contributed by atoms with E-state index in [-0.39, 0.29) is 18.7 Å². The second kappa shape index (κ2) is 5.84. The summed E-state index contributed by atoms with van der Waals surface area (Å²) in [6, 6.07) is 4.23. The van der Waals surface area contributed by atoms with Crippen molar-refractivity contribution in [2.24, 2.45) is 0 Å². The number of nitrogens with one attached hydrogen (secondary N) is 1. The fourth-order valence-electron chi connectivity index (χ4n) is 3.59. The molecule has 4 rings (SSSR count). The molecule has 1 atom stereocenters. The molecule has 1 N–H and O–H groups in total. The first-order valence-electron chi connectivity index (χ1n) is 8.36. The SMILES string of the molecule is O=C1CCC(N2C(=O)c3cccc(N4C=CCCC4)c3C2=O)C(=O)N1. The Morgan fingerprint density at radius 3 is 2.64 bits per heavy atom. The Bertz CT molecular complexity index is 830. The van der Waals surface area contributed by atoms with Gasteiger partial charge in [0.15, 0.2) is 0 Å². The molecule has 1 aromatic carbocycles. The number of hydrogen-bond donors (Lipinski definition) is 1. The van der Waals surface area contributed by atoms with Gasteiger partial charge in [-0.2, -0.15) is 0 Å². The minimum Gasteiger partial charge on any atom is -0.348 e. The minimum atomic E-state index is -0.935. The number of benzene rings is 1. The average molecular weight is 339 g/mol. The van der Waals surface area contributed by atoms with Crippen LogP contribution in [-0.4, -0.2) is 41.1 Å². The number of hydrogen-bond acceptors (Lipinski definition) is 5. The molecular formula is C18H17N3O4. The van der Waals surface area contributed by atoms with Crippen LogP contribution in [0.15, 0.2) is 30.5 Å². The molecule has 3 heterocycles. The second-order valence-electron chi connectivity index (χ2n) is 6.37. The van der Waals surface area contributed by atoms with E-state index >= 15 is 0 Å². The number of nitrogens with zero attached hydrogens (tertiary/aromatic N) is 2. The zero-order valence-corrected chi connectivity index (χ0v) is 13.5. The van der Waals surface area contributed by atoms with Crippen molar-refractivity contribution in [3.8, 4) is 0 Å². The lowest BCUT2D eigenvalue weighted by atomic mass is 10.0. The molecule has 1 fully saturated rings. The van der Waals surface area contributed by atoms with Gasteiger partial charge in [-0.3, -0.25) is 29.4 Å². The molecule has 0 aliphatic carbocycles. The van der Waals surface area contributed by atoms with E-state index < -0.39 is 23.8 Å². The molecule has 3 aliphatic heterocycles. The Kier molecular flexibility index (Phi) is 3.63. The summed E-state index contributed by atoms with van der Waals surface area (Å²) in [6.45, 7) is 0.771. The smallest absolute Gasteiger partial charge is 0.264 e. The van der Waals surface area contributed by atoms with E-state index in [9.17, 15) is 19.2 Å². The van der Waals surface area contributed by atoms with Crippen LogP contribution in [0.5, 0.6) is 0 Å². The Hall–Kier alpha value is -2.96. The van der Waals surface area contributed by atoms with Gasteiger partial charge in [-0.25, -0.2) is 0 Å². The highest BCUT2D eigenvalue weighted by Gasteiger charge is 2.45. The van der Waals surface area contributed by atoms with Crippen LogP contribution in [-0.2, 0) is 9.59 Å². The molecule has 3 aliphatic rings. The third-order valence-corrected chi connectivity index (χ3v) is 4.81. The van der Waals surface area contributed by atoms with Crippen LogP contribution >= 0.6 is 0 Å². The van der Waals surface area contributed by atoms with Gasteiger partial charge in [0.05, 0.1) is 16.8 Å². The van der Waals surface area contributed by atoms with Crippen molar-refractivity contribution in [2.45, 2.75) is 31.7 Å². The average Bonchev–Trinajstić information content (AvgIpc) is 2.87. The number of piperidine rings is 1. The van der Waals surface area contributed by atoms with Gasteiger partial charge in [0.25, 0.3) is 11.8 Å². The van der Waals surface area contributed by atoms with Crippen LogP contribution in [0.4, 0.5) is 5.69 Å². The first-order chi connectivity index (χ1) is 12.1. The molecule has 128 valence electrons. The first-order valence-corrected chi connectivity index (χ1v) is 8.36. The van der Waals surface area contributed by atoms with Gasteiger partial charge in [0.1, 0.15) is 6.04 Å². The number of anilines is 1. The van der Waals surface area contributed by atoms with Crippen molar-refractivity contribution in [3.05, 3.63) is 41.6 Å². The maximum absolute atomic E-state index is 13.0. The number of carbonyl (C=O) groups is 4. The quantitative estimate of drug-likeness (QED) is 0.818. The summed E-state index contributed by atoms with van der Waals surface area (Å²) in [5.41, 5.74) is 1.33. The Morgan fingerprint density at radius 2 is 1.92 bits per heavy atom. The number of amides is 4. The Morgan fingerprint density at radius 1 is 1.08 bits per heavy atom. The molecule has 4 amide bonds. The number of rotatable bonds is 2. The van der Waals surface area contributed by atoms with Crippen LogP contribution in [0, 0.1) is 0 Å². The number of carbonyl (C=O) groups excluding carboxylic acids is 4. The molecule has 1 unspecified atom stereocenters.